The molecule has 0 aliphatic heterocycles. The topological polar surface area (TPSA) is 95.9 Å². The molecule has 6 heteroatoms. The minimum atomic E-state index is -0.840. The molecule has 0 aliphatic carbocycles. The standard InChI is InChI=1S/C76H147NO5/c1-3-5-7-9-11-13-15-17-46-50-54-58-62-66-70-76(81)82-71-67-63-59-55-51-47-44-42-40-38-36-34-32-30-28-26-24-22-20-18-19-21-23-25-27-29-31-33-35-37-39-41-43-45-49-53-57-61-65-69-75(80)77-73(72-78)74(79)68-64-60-56-52-48-16-14-12-10-8-6-4-2/h18-19,64,68,73-74,78-79H,3-17,20-63,65-67,69-72H2,1-2H3,(H,77,80)/b19-18-,68-64+. The highest BCUT2D eigenvalue weighted by atomic mass is 16.5. The maximum absolute atomic E-state index is 12.5. The Balaban J connectivity index is 3.31. The van der Waals surface area contributed by atoms with E-state index in [-0.39, 0.29) is 18.5 Å². The van der Waals surface area contributed by atoms with Gasteiger partial charge in [0.1, 0.15) is 0 Å². The normalized spacial score (nSPS) is 12.6. The summed E-state index contributed by atoms with van der Waals surface area (Å²) in [5.41, 5.74) is 0. The van der Waals surface area contributed by atoms with Crippen molar-refractivity contribution in [2.75, 3.05) is 13.2 Å². The first-order chi connectivity index (χ1) is 40.5. The fraction of sp³-hybridized carbons (Fsp3) is 0.921. The molecular weight excluding hydrogens is 1010 g/mol. The van der Waals surface area contributed by atoms with Crippen molar-refractivity contribution < 1.29 is 24.5 Å². The van der Waals surface area contributed by atoms with Crippen LogP contribution in [0.25, 0.3) is 0 Å². The van der Waals surface area contributed by atoms with Crippen LogP contribution >= 0.6 is 0 Å². The highest BCUT2D eigenvalue weighted by molar-refractivity contribution is 5.76. The van der Waals surface area contributed by atoms with Crippen molar-refractivity contribution in [1.82, 2.24) is 5.32 Å². The zero-order valence-corrected chi connectivity index (χ0v) is 55.8. The van der Waals surface area contributed by atoms with Crippen molar-refractivity contribution in [3.63, 3.8) is 0 Å². The molecule has 0 aromatic carbocycles. The van der Waals surface area contributed by atoms with Gasteiger partial charge >= 0.3 is 5.97 Å². The first kappa shape index (κ1) is 80.3. The molecule has 0 aromatic rings. The van der Waals surface area contributed by atoms with Gasteiger partial charge in [0.15, 0.2) is 0 Å². The average molecular weight is 1160 g/mol. The van der Waals surface area contributed by atoms with Crippen LogP contribution in [0.1, 0.15) is 425 Å². The first-order valence-electron chi connectivity index (χ1n) is 37.6. The molecular formula is C76H147NO5. The van der Waals surface area contributed by atoms with Crippen LogP contribution in [0, 0.1) is 0 Å². The largest absolute Gasteiger partial charge is 0.466 e. The van der Waals surface area contributed by atoms with Crippen LogP contribution in [0.5, 0.6) is 0 Å². The molecule has 0 spiro atoms. The minimum absolute atomic E-state index is 0.0252. The summed E-state index contributed by atoms with van der Waals surface area (Å²) in [4.78, 5) is 24.5. The Morgan fingerprint density at radius 3 is 0.866 bits per heavy atom. The van der Waals surface area contributed by atoms with Crippen molar-refractivity contribution in [3.8, 4) is 0 Å². The van der Waals surface area contributed by atoms with Crippen LogP contribution in [-0.4, -0.2) is 47.4 Å². The van der Waals surface area contributed by atoms with Gasteiger partial charge in [-0.1, -0.05) is 378 Å². The summed E-state index contributed by atoms with van der Waals surface area (Å²) in [5.74, 6) is -0.0371. The van der Waals surface area contributed by atoms with E-state index in [2.05, 4.69) is 31.3 Å². The molecule has 1 amide bonds. The highest BCUT2D eigenvalue weighted by Crippen LogP contribution is 2.19. The number of unbranched alkanes of at least 4 members (excludes halogenated alkanes) is 58. The van der Waals surface area contributed by atoms with Crippen molar-refractivity contribution in [3.05, 3.63) is 24.3 Å². The fourth-order valence-electron chi connectivity index (χ4n) is 12.0. The zero-order chi connectivity index (χ0) is 59.2. The number of amides is 1. The van der Waals surface area contributed by atoms with Crippen molar-refractivity contribution in [2.45, 2.75) is 437 Å². The fourth-order valence-corrected chi connectivity index (χ4v) is 12.0. The van der Waals surface area contributed by atoms with Crippen LogP contribution in [0.2, 0.25) is 0 Å². The Kier molecular flexibility index (Phi) is 70.4. The molecule has 0 heterocycles. The van der Waals surface area contributed by atoms with Gasteiger partial charge in [-0.05, 0) is 57.8 Å². The quantitative estimate of drug-likeness (QED) is 0.0320. The van der Waals surface area contributed by atoms with Gasteiger partial charge in [0, 0.05) is 12.8 Å². The Labute approximate surface area is 513 Å². The molecule has 0 saturated heterocycles. The second-order valence-electron chi connectivity index (χ2n) is 26.0. The van der Waals surface area contributed by atoms with Gasteiger partial charge in [0.05, 0.1) is 25.4 Å². The molecule has 0 saturated carbocycles. The Bertz CT molecular complexity index is 1280. The van der Waals surface area contributed by atoms with Gasteiger partial charge < -0.3 is 20.3 Å². The monoisotopic (exact) mass is 1150 g/mol. The molecule has 3 N–H and O–H groups in total. The molecule has 2 atom stereocenters. The Morgan fingerprint density at radius 1 is 0.329 bits per heavy atom. The van der Waals surface area contributed by atoms with E-state index in [9.17, 15) is 19.8 Å². The molecule has 486 valence electrons. The van der Waals surface area contributed by atoms with Gasteiger partial charge in [-0.3, -0.25) is 9.59 Å². The number of ether oxygens (including phenoxy) is 1. The van der Waals surface area contributed by atoms with E-state index < -0.39 is 12.1 Å². The summed E-state index contributed by atoms with van der Waals surface area (Å²) in [7, 11) is 0. The number of allylic oxidation sites excluding steroid dienone is 3. The number of hydrogen-bond acceptors (Lipinski definition) is 5. The second-order valence-corrected chi connectivity index (χ2v) is 26.0. The van der Waals surface area contributed by atoms with E-state index in [0.29, 0.717) is 19.4 Å². The third-order valence-corrected chi connectivity index (χ3v) is 17.7. The van der Waals surface area contributed by atoms with Crippen molar-refractivity contribution in [1.29, 1.82) is 0 Å². The molecule has 0 bridgehead atoms. The molecule has 82 heavy (non-hydrogen) atoms. The molecule has 0 fully saturated rings. The van der Waals surface area contributed by atoms with Gasteiger partial charge in [0.2, 0.25) is 5.91 Å². The van der Waals surface area contributed by atoms with Crippen LogP contribution in [-0.2, 0) is 14.3 Å². The van der Waals surface area contributed by atoms with Gasteiger partial charge in [-0.25, -0.2) is 0 Å². The van der Waals surface area contributed by atoms with Crippen molar-refractivity contribution in [2.24, 2.45) is 0 Å². The van der Waals surface area contributed by atoms with E-state index in [1.165, 1.54) is 360 Å². The molecule has 2 unspecified atom stereocenters. The van der Waals surface area contributed by atoms with Crippen LogP contribution in [0.4, 0.5) is 0 Å². The number of hydrogen-bond donors (Lipinski definition) is 3. The number of aliphatic hydroxyl groups excluding tert-OH is 2. The molecule has 6 nitrogen and oxygen atoms in total. The van der Waals surface area contributed by atoms with Crippen LogP contribution in [0.15, 0.2) is 24.3 Å². The summed E-state index contributed by atoms with van der Waals surface area (Å²) in [6, 6.07) is -0.623. The predicted molar refractivity (Wildman–Crippen MR) is 361 cm³/mol. The smallest absolute Gasteiger partial charge is 0.305 e. The van der Waals surface area contributed by atoms with E-state index >= 15 is 0 Å². The van der Waals surface area contributed by atoms with Crippen LogP contribution < -0.4 is 5.32 Å². The molecule has 0 radical (unpaired) electrons. The number of aliphatic hydroxyl groups is 2. The molecule has 0 aliphatic rings. The maximum Gasteiger partial charge on any atom is 0.305 e. The van der Waals surface area contributed by atoms with E-state index in [1.807, 2.05) is 6.08 Å². The predicted octanol–water partition coefficient (Wildman–Crippen LogP) is 24.5. The average Bonchev–Trinajstić information content (AvgIpc) is 3.48. The number of esters is 1. The summed E-state index contributed by atoms with van der Waals surface area (Å²) < 4.78 is 5.50. The van der Waals surface area contributed by atoms with E-state index in [4.69, 9.17) is 4.74 Å². The highest BCUT2D eigenvalue weighted by Gasteiger charge is 2.18. The lowest BCUT2D eigenvalue weighted by Crippen LogP contribution is -2.45. The SMILES string of the molecule is CCCCCCCCCCCC/C=C/C(O)C(CO)NC(=O)CCCCCCCCCCCCCCCCCCC/C=C\CCCCCCCCCCCCCCCCCCCCOC(=O)CCCCCCCCCCCCCCCC. The Morgan fingerprint density at radius 2 is 0.573 bits per heavy atom. The summed E-state index contributed by atoms with van der Waals surface area (Å²) in [6.45, 7) is 4.93. The minimum Gasteiger partial charge on any atom is -0.466 e. The third kappa shape index (κ3) is 67.5. The van der Waals surface area contributed by atoms with Gasteiger partial charge in [0.25, 0.3) is 0 Å². The summed E-state index contributed by atoms with van der Waals surface area (Å²) in [5, 5.41) is 23.1. The number of carbonyl (C=O) groups is 2. The van der Waals surface area contributed by atoms with Gasteiger partial charge in [-0.15, -0.1) is 0 Å². The lowest BCUT2D eigenvalue weighted by Gasteiger charge is -2.20. The first-order valence-corrected chi connectivity index (χ1v) is 37.6. The van der Waals surface area contributed by atoms with Crippen LogP contribution in [0.3, 0.4) is 0 Å². The second kappa shape index (κ2) is 71.8. The van der Waals surface area contributed by atoms with Crippen molar-refractivity contribution >= 4 is 11.9 Å². The summed E-state index contributed by atoms with van der Waals surface area (Å²) >= 11 is 0. The number of rotatable bonds is 71. The zero-order valence-electron chi connectivity index (χ0n) is 55.8. The number of carbonyl (C=O) groups excluding carboxylic acids is 2. The molecule has 0 aromatic heterocycles. The lowest BCUT2D eigenvalue weighted by molar-refractivity contribution is -0.143. The van der Waals surface area contributed by atoms with E-state index in [0.717, 1.165) is 38.5 Å². The maximum atomic E-state index is 12.5. The summed E-state index contributed by atoms with van der Waals surface area (Å²) in [6.07, 6.45) is 91.6. The number of nitrogens with one attached hydrogen (secondary N) is 1. The Hall–Kier alpha value is -1.66. The lowest BCUT2D eigenvalue weighted by atomic mass is 10.0. The molecule has 0 rings (SSSR count). The van der Waals surface area contributed by atoms with Gasteiger partial charge in [-0.2, -0.15) is 0 Å². The van der Waals surface area contributed by atoms with E-state index in [1.54, 1.807) is 6.08 Å². The third-order valence-electron chi connectivity index (χ3n) is 17.7.